The Morgan fingerprint density at radius 1 is 1.23 bits per heavy atom. The van der Waals surface area contributed by atoms with Crippen molar-refractivity contribution in [2.45, 2.75) is 6.92 Å². The molecule has 7 heteroatoms. The maximum absolute atomic E-state index is 13.7. The zero-order valence-electron chi connectivity index (χ0n) is 12.7. The van der Waals surface area contributed by atoms with E-state index in [0.29, 0.717) is 19.2 Å². The number of aryl methyl sites for hydroxylation is 1. The molecule has 1 aliphatic rings. The van der Waals surface area contributed by atoms with E-state index in [1.54, 1.807) is 4.90 Å². The Kier molecular flexibility index (Phi) is 5.07. The molecule has 5 nitrogen and oxygen atoms in total. The van der Waals surface area contributed by atoms with E-state index in [4.69, 9.17) is 0 Å². The van der Waals surface area contributed by atoms with E-state index >= 15 is 0 Å². The van der Waals surface area contributed by atoms with Gasteiger partial charge in [0.05, 0.1) is 12.1 Å². The molecule has 0 atom stereocenters. The average molecular weight is 311 g/mol. The van der Waals surface area contributed by atoms with E-state index < -0.39 is 17.5 Å². The van der Waals surface area contributed by atoms with Gasteiger partial charge in [-0.1, -0.05) is 0 Å². The van der Waals surface area contributed by atoms with Crippen molar-refractivity contribution in [3.8, 4) is 0 Å². The van der Waals surface area contributed by atoms with Gasteiger partial charge in [0.25, 0.3) is 5.91 Å². The van der Waals surface area contributed by atoms with Crippen LogP contribution < -0.4 is 5.32 Å². The second-order valence-electron chi connectivity index (χ2n) is 5.37. The Hall–Kier alpha value is -2.02. The highest BCUT2D eigenvalue weighted by Crippen LogP contribution is 2.16. The van der Waals surface area contributed by atoms with Crippen molar-refractivity contribution < 1.29 is 18.4 Å². The first kappa shape index (κ1) is 16.4. The zero-order chi connectivity index (χ0) is 16.3. The highest BCUT2D eigenvalue weighted by molar-refractivity contribution is 5.96. The first-order chi connectivity index (χ1) is 10.4. The van der Waals surface area contributed by atoms with E-state index in [2.05, 4.69) is 5.32 Å². The third-order valence-corrected chi connectivity index (χ3v) is 3.67. The molecule has 0 saturated carbocycles. The van der Waals surface area contributed by atoms with Crippen LogP contribution in [-0.4, -0.2) is 61.4 Å². The molecular formula is C15H19F2N3O2. The van der Waals surface area contributed by atoms with E-state index in [1.165, 1.54) is 20.0 Å². The third kappa shape index (κ3) is 3.59. The van der Waals surface area contributed by atoms with Gasteiger partial charge in [-0.05, 0) is 18.6 Å². The first-order valence-corrected chi connectivity index (χ1v) is 7.09. The number of benzene rings is 1. The quantitative estimate of drug-likeness (QED) is 0.897. The molecule has 2 amide bonds. The summed E-state index contributed by atoms with van der Waals surface area (Å²) in [6.45, 7) is 3.94. The number of nitrogens with one attached hydrogen (secondary N) is 1. The topological polar surface area (TPSA) is 52.7 Å². The summed E-state index contributed by atoms with van der Waals surface area (Å²) in [5.74, 6) is -2.44. The number of nitrogens with zero attached hydrogens (tertiary/aromatic N) is 2. The lowest BCUT2D eigenvalue weighted by molar-refractivity contribution is -0.132. The van der Waals surface area contributed by atoms with Crippen LogP contribution in [0.1, 0.15) is 15.9 Å². The maximum atomic E-state index is 13.7. The second kappa shape index (κ2) is 6.83. The Morgan fingerprint density at radius 3 is 2.50 bits per heavy atom. The molecule has 1 heterocycles. The molecule has 1 saturated heterocycles. The zero-order valence-corrected chi connectivity index (χ0v) is 12.7. The van der Waals surface area contributed by atoms with Gasteiger partial charge in [0.1, 0.15) is 11.6 Å². The molecule has 0 spiro atoms. The molecule has 120 valence electrons. The fraction of sp³-hybridized carbons (Fsp3) is 0.467. The lowest BCUT2D eigenvalue weighted by Gasteiger charge is -2.29. The summed E-state index contributed by atoms with van der Waals surface area (Å²) in [6.07, 6.45) is 0. The molecule has 0 radical (unpaired) electrons. The first-order valence-electron chi connectivity index (χ1n) is 7.09. The van der Waals surface area contributed by atoms with Gasteiger partial charge < -0.3 is 15.1 Å². The minimum Gasteiger partial charge on any atom is -0.339 e. The van der Waals surface area contributed by atoms with Gasteiger partial charge in [-0.25, -0.2) is 8.78 Å². The molecule has 0 unspecified atom stereocenters. The van der Waals surface area contributed by atoms with Crippen molar-refractivity contribution in [1.29, 1.82) is 0 Å². The Labute approximate surface area is 127 Å². The van der Waals surface area contributed by atoms with Crippen molar-refractivity contribution in [2.75, 3.05) is 39.8 Å². The van der Waals surface area contributed by atoms with Crippen LogP contribution in [0.3, 0.4) is 0 Å². The number of amides is 2. The van der Waals surface area contributed by atoms with Crippen LogP contribution >= 0.6 is 0 Å². The van der Waals surface area contributed by atoms with Gasteiger partial charge in [0.15, 0.2) is 0 Å². The van der Waals surface area contributed by atoms with Crippen molar-refractivity contribution in [1.82, 2.24) is 15.1 Å². The molecule has 2 rings (SSSR count). The molecule has 1 fully saturated rings. The average Bonchev–Trinajstić information content (AvgIpc) is 2.51. The molecule has 1 aromatic carbocycles. The lowest BCUT2D eigenvalue weighted by atomic mass is 10.1. The molecule has 1 aliphatic heterocycles. The number of likely N-dealkylation sites (N-methyl/N-ethyl adjacent to an activating group) is 1. The highest BCUT2D eigenvalue weighted by Gasteiger charge is 2.23. The fourth-order valence-corrected chi connectivity index (χ4v) is 2.32. The predicted octanol–water partition coefficient (Wildman–Crippen LogP) is 0.777. The third-order valence-electron chi connectivity index (χ3n) is 3.67. The number of halogens is 2. The standard InChI is InChI=1S/C15H19F2N3O2/c1-10-7-11(13(17)8-12(10)16)15(22)19(2)9-14(21)20-5-3-18-4-6-20/h7-8,18H,3-6,9H2,1-2H3. The van der Waals surface area contributed by atoms with Crippen molar-refractivity contribution in [3.05, 3.63) is 34.9 Å². The molecule has 1 aromatic rings. The van der Waals surface area contributed by atoms with E-state index in [9.17, 15) is 18.4 Å². The summed E-state index contributed by atoms with van der Waals surface area (Å²) < 4.78 is 27.0. The van der Waals surface area contributed by atoms with E-state index in [1.807, 2.05) is 0 Å². The highest BCUT2D eigenvalue weighted by atomic mass is 19.1. The second-order valence-corrected chi connectivity index (χ2v) is 5.37. The molecular weight excluding hydrogens is 292 g/mol. The number of carbonyl (C=O) groups excluding carboxylic acids is 2. The monoisotopic (exact) mass is 311 g/mol. The van der Waals surface area contributed by atoms with Crippen LogP contribution in [0, 0.1) is 18.6 Å². The summed E-state index contributed by atoms with van der Waals surface area (Å²) in [4.78, 5) is 27.1. The van der Waals surface area contributed by atoms with Crippen LogP contribution in [0.4, 0.5) is 8.78 Å². The van der Waals surface area contributed by atoms with Crippen molar-refractivity contribution in [3.63, 3.8) is 0 Å². The fourth-order valence-electron chi connectivity index (χ4n) is 2.32. The van der Waals surface area contributed by atoms with E-state index in [0.717, 1.165) is 18.0 Å². The minimum atomic E-state index is -0.922. The van der Waals surface area contributed by atoms with Crippen LogP contribution in [0.25, 0.3) is 0 Å². The van der Waals surface area contributed by atoms with Gasteiger partial charge in [-0.3, -0.25) is 9.59 Å². The lowest BCUT2D eigenvalue weighted by Crippen LogP contribution is -2.49. The van der Waals surface area contributed by atoms with Gasteiger partial charge >= 0.3 is 0 Å². The van der Waals surface area contributed by atoms with Gasteiger partial charge in [-0.2, -0.15) is 0 Å². The van der Waals surface area contributed by atoms with Crippen LogP contribution in [0.2, 0.25) is 0 Å². The van der Waals surface area contributed by atoms with Crippen LogP contribution in [-0.2, 0) is 4.79 Å². The Bertz CT molecular complexity index is 586. The summed E-state index contributed by atoms with van der Waals surface area (Å²) >= 11 is 0. The number of hydrogen-bond acceptors (Lipinski definition) is 3. The number of hydrogen-bond donors (Lipinski definition) is 1. The smallest absolute Gasteiger partial charge is 0.257 e. The van der Waals surface area contributed by atoms with Gasteiger partial charge in [0.2, 0.25) is 5.91 Å². The number of carbonyl (C=O) groups is 2. The minimum absolute atomic E-state index is 0.130. The molecule has 0 bridgehead atoms. The SMILES string of the molecule is Cc1cc(C(=O)N(C)CC(=O)N2CCNCC2)c(F)cc1F. The molecule has 0 aromatic heterocycles. The normalized spacial score (nSPS) is 14.8. The molecule has 22 heavy (non-hydrogen) atoms. The number of piperazine rings is 1. The summed E-state index contributed by atoms with van der Waals surface area (Å²) in [5.41, 5.74) is -0.0407. The van der Waals surface area contributed by atoms with Crippen LogP contribution in [0.5, 0.6) is 0 Å². The Morgan fingerprint density at radius 2 is 1.86 bits per heavy atom. The van der Waals surface area contributed by atoms with E-state index in [-0.39, 0.29) is 23.6 Å². The molecule has 0 aliphatic carbocycles. The van der Waals surface area contributed by atoms with Gasteiger partial charge in [-0.15, -0.1) is 0 Å². The van der Waals surface area contributed by atoms with Gasteiger partial charge in [0, 0.05) is 39.3 Å². The molecule has 1 N–H and O–H groups in total. The van der Waals surface area contributed by atoms with Crippen molar-refractivity contribution >= 4 is 11.8 Å². The maximum Gasteiger partial charge on any atom is 0.257 e. The Balaban J connectivity index is 2.05. The predicted molar refractivity (Wildman–Crippen MR) is 77.5 cm³/mol. The van der Waals surface area contributed by atoms with Crippen molar-refractivity contribution in [2.24, 2.45) is 0 Å². The summed E-state index contributed by atoms with van der Waals surface area (Å²) in [6, 6.07) is 1.85. The number of rotatable bonds is 3. The van der Waals surface area contributed by atoms with Crippen LogP contribution in [0.15, 0.2) is 12.1 Å². The largest absolute Gasteiger partial charge is 0.339 e. The summed E-state index contributed by atoms with van der Waals surface area (Å²) in [5, 5.41) is 3.13. The summed E-state index contributed by atoms with van der Waals surface area (Å²) in [7, 11) is 1.43.